The molecule has 1 amide bonds. The van der Waals surface area contributed by atoms with Crippen molar-refractivity contribution in [2.75, 3.05) is 5.32 Å². The van der Waals surface area contributed by atoms with Crippen LogP contribution in [-0.4, -0.2) is 20.9 Å². The van der Waals surface area contributed by atoms with Crippen molar-refractivity contribution in [2.45, 2.75) is 6.92 Å². The molecule has 7 nitrogen and oxygen atoms in total. The molecule has 0 aliphatic rings. The Bertz CT molecular complexity index is 1120. The lowest BCUT2D eigenvalue weighted by molar-refractivity contribution is 0.102. The first kappa shape index (κ1) is 14.9. The summed E-state index contributed by atoms with van der Waals surface area (Å²) < 4.78 is 5.61. The van der Waals surface area contributed by atoms with Gasteiger partial charge in [-0.25, -0.2) is 9.78 Å². The molecular weight excluding hydrogens is 320 g/mol. The first-order valence-electron chi connectivity index (χ1n) is 7.66. The van der Waals surface area contributed by atoms with Gasteiger partial charge in [-0.2, -0.15) is 0 Å². The van der Waals surface area contributed by atoms with Gasteiger partial charge >= 0.3 is 5.69 Å². The largest absolute Gasteiger partial charge is 0.441 e. The molecule has 2 aromatic carbocycles. The van der Waals surface area contributed by atoms with E-state index >= 15 is 0 Å². The molecular formula is C18H14N4O3. The molecule has 0 fully saturated rings. The van der Waals surface area contributed by atoms with E-state index in [4.69, 9.17) is 4.42 Å². The van der Waals surface area contributed by atoms with Crippen LogP contribution in [0.5, 0.6) is 0 Å². The van der Waals surface area contributed by atoms with E-state index < -0.39 is 0 Å². The lowest BCUT2D eigenvalue weighted by atomic mass is 10.2. The highest BCUT2D eigenvalue weighted by Crippen LogP contribution is 2.22. The van der Waals surface area contributed by atoms with E-state index in [0.29, 0.717) is 28.4 Å². The third-order valence-corrected chi connectivity index (χ3v) is 3.81. The van der Waals surface area contributed by atoms with Crippen LogP contribution in [-0.2, 0) is 0 Å². The number of fused-ring (bicyclic) bond motifs is 1. The van der Waals surface area contributed by atoms with Gasteiger partial charge in [0.2, 0.25) is 5.89 Å². The Morgan fingerprint density at radius 1 is 1.08 bits per heavy atom. The maximum atomic E-state index is 12.5. The Labute approximate surface area is 141 Å². The zero-order valence-electron chi connectivity index (χ0n) is 13.3. The second-order valence-corrected chi connectivity index (χ2v) is 5.58. The standard InChI is InChI=1S/C18H14N4O3/c1-10-15(22-17(25-10)11-5-3-2-4-6-11)16(23)19-12-7-8-13-14(9-12)21-18(24)20-13/h2-9H,1H3,(H,19,23)(H2,20,21,24). The average Bonchev–Trinajstić information content (AvgIpc) is 3.17. The number of hydrogen-bond acceptors (Lipinski definition) is 4. The molecule has 25 heavy (non-hydrogen) atoms. The van der Waals surface area contributed by atoms with Crippen molar-refractivity contribution in [3.8, 4) is 11.5 Å². The van der Waals surface area contributed by atoms with Gasteiger partial charge in [-0.1, -0.05) is 18.2 Å². The van der Waals surface area contributed by atoms with Crippen LogP contribution in [0.3, 0.4) is 0 Å². The molecule has 3 N–H and O–H groups in total. The summed E-state index contributed by atoms with van der Waals surface area (Å²) in [7, 11) is 0. The predicted octanol–water partition coefficient (Wildman–Crippen LogP) is 3.07. The second kappa shape index (κ2) is 5.79. The van der Waals surface area contributed by atoms with Crippen molar-refractivity contribution in [2.24, 2.45) is 0 Å². The predicted molar refractivity (Wildman–Crippen MR) is 93.5 cm³/mol. The van der Waals surface area contributed by atoms with E-state index in [0.717, 1.165) is 5.56 Å². The lowest BCUT2D eigenvalue weighted by Crippen LogP contribution is -2.13. The molecule has 0 saturated heterocycles. The minimum Gasteiger partial charge on any atom is -0.441 e. The molecule has 0 aliphatic heterocycles. The summed E-state index contributed by atoms with van der Waals surface area (Å²) in [6.07, 6.45) is 0. The Balaban J connectivity index is 1.62. The summed E-state index contributed by atoms with van der Waals surface area (Å²) in [5.74, 6) is 0.460. The van der Waals surface area contributed by atoms with Gasteiger partial charge in [0, 0.05) is 11.3 Å². The summed E-state index contributed by atoms with van der Waals surface area (Å²) in [6, 6.07) is 14.5. The van der Waals surface area contributed by atoms with Gasteiger partial charge < -0.3 is 19.7 Å². The normalized spacial score (nSPS) is 10.9. The molecule has 0 bridgehead atoms. The van der Waals surface area contributed by atoms with Crippen LogP contribution in [0.15, 0.2) is 57.7 Å². The fourth-order valence-corrected chi connectivity index (χ4v) is 2.61. The Kier molecular flexibility index (Phi) is 3.46. The van der Waals surface area contributed by atoms with Crippen LogP contribution >= 0.6 is 0 Å². The zero-order chi connectivity index (χ0) is 17.4. The van der Waals surface area contributed by atoms with Gasteiger partial charge in [-0.05, 0) is 37.3 Å². The van der Waals surface area contributed by atoms with E-state index in [1.165, 1.54) is 0 Å². The fourth-order valence-electron chi connectivity index (χ4n) is 2.61. The molecule has 0 spiro atoms. The number of benzene rings is 2. The number of aromatic nitrogens is 3. The Morgan fingerprint density at radius 2 is 1.84 bits per heavy atom. The number of nitrogens with zero attached hydrogens (tertiary/aromatic N) is 1. The molecule has 0 atom stereocenters. The minimum absolute atomic E-state index is 0.224. The summed E-state index contributed by atoms with van der Waals surface area (Å²) >= 11 is 0. The third-order valence-electron chi connectivity index (χ3n) is 3.81. The third kappa shape index (κ3) is 2.83. The van der Waals surface area contributed by atoms with Gasteiger partial charge in [-0.3, -0.25) is 4.79 Å². The monoisotopic (exact) mass is 334 g/mol. The van der Waals surface area contributed by atoms with Gasteiger partial charge in [0.1, 0.15) is 5.76 Å². The van der Waals surface area contributed by atoms with Crippen LogP contribution in [0.1, 0.15) is 16.2 Å². The maximum absolute atomic E-state index is 12.5. The number of carbonyl (C=O) groups is 1. The van der Waals surface area contributed by atoms with Gasteiger partial charge in [0.15, 0.2) is 5.69 Å². The van der Waals surface area contributed by atoms with E-state index in [1.807, 2.05) is 30.3 Å². The highest BCUT2D eigenvalue weighted by Gasteiger charge is 2.18. The zero-order valence-corrected chi connectivity index (χ0v) is 13.3. The molecule has 2 heterocycles. The number of imidazole rings is 1. The van der Waals surface area contributed by atoms with Crippen molar-refractivity contribution >= 4 is 22.6 Å². The SMILES string of the molecule is Cc1oc(-c2ccccc2)nc1C(=O)Nc1ccc2[nH]c(=O)[nH]c2c1. The number of amides is 1. The topological polar surface area (TPSA) is 104 Å². The molecule has 7 heteroatoms. The molecule has 124 valence electrons. The van der Waals surface area contributed by atoms with E-state index in [2.05, 4.69) is 20.3 Å². The maximum Gasteiger partial charge on any atom is 0.323 e. The minimum atomic E-state index is -0.374. The van der Waals surface area contributed by atoms with E-state index in [-0.39, 0.29) is 17.3 Å². The second-order valence-electron chi connectivity index (χ2n) is 5.58. The van der Waals surface area contributed by atoms with Crippen molar-refractivity contribution in [3.05, 3.63) is 70.5 Å². The molecule has 2 aromatic heterocycles. The number of anilines is 1. The van der Waals surface area contributed by atoms with Crippen LogP contribution in [0.2, 0.25) is 0 Å². The van der Waals surface area contributed by atoms with Crippen LogP contribution < -0.4 is 11.0 Å². The van der Waals surface area contributed by atoms with Crippen molar-refractivity contribution in [3.63, 3.8) is 0 Å². The molecule has 0 radical (unpaired) electrons. The highest BCUT2D eigenvalue weighted by molar-refractivity contribution is 6.04. The molecule has 0 aliphatic carbocycles. The van der Waals surface area contributed by atoms with Gasteiger partial charge in [0.25, 0.3) is 5.91 Å². The summed E-state index contributed by atoms with van der Waals surface area (Å²) in [6.45, 7) is 1.70. The number of rotatable bonds is 3. The van der Waals surface area contributed by atoms with Crippen LogP contribution in [0, 0.1) is 6.92 Å². The number of aromatic amines is 2. The van der Waals surface area contributed by atoms with Crippen LogP contribution in [0.25, 0.3) is 22.5 Å². The number of hydrogen-bond donors (Lipinski definition) is 3. The number of H-pyrrole nitrogens is 2. The lowest BCUT2D eigenvalue weighted by Gasteiger charge is -2.03. The van der Waals surface area contributed by atoms with Gasteiger partial charge in [0.05, 0.1) is 11.0 Å². The quantitative estimate of drug-likeness (QED) is 0.535. The molecule has 4 aromatic rings. The van der Waals surface area contributed by atoms with Crippen molar-refractivity contribution < 1.29 is 9.21 Å². The summed E-state index contributed by atoms with van der Waals surface area (Å²) in [5.41, 5.74) is 2.57. The fraction of sp³-hybridized carbons (Fsp3) is 0.0556. The van der Waals surface area contributed by atoms with Crippen molar-refractivity contribution in [1.29, 1.82) is 0 Å². The number of aryl methyl sites for hydroxylation is 1. The Hall–Kier alpha value is -3.61. The number of carbonyl (C=O) groups excluding carboxylic acids is 1. The molecule has 0 unspecified atom stereocenters. The number of oxazole rings is 1. The smallest absolute Gasteiger partial charge is 0.323 e. The summed E-state index contributed by atoms with van der Waals surface area (Å²) in [5, 5.41) is 2.77. The average molecular weight is 334 g/mol. The Morgan fingerprint density at radius 3 is 2.64 bits per heavy atom. The first-order chi connectivity index (χ1) is 12.1. The number of nitrogens with one attached hydrogen (secondary N) is 3. The summed E-state index contributed by atoms with van der Waals surface area (Å²) in [4.78, 5) is 33.4. The molecule has 0 saturated carbocycles. The van der Waals surface area contributed by atoms with Crippen LogP contribution in [0.4, 0.5) is 5.69 Å². The highest BCUT2D eigenvalue weighted by atomic mass is 16.4. The van der Waals surface area contributed by atoms with Crippen molar-refractivity contribution in [1.82, 2.24) is 15.0 Å². The molecule has 4 rings (SSSR count). The van der Waals surface area contributed by atoms with Gasteiger partial charge in [-0.15, -0.1) is 0 Å². The van der Waals surface area contributed by atoms with E-state index in [9.17, 15) is 9.59 Å². The first-order valence-corrected chi connectivity index (χ1v) is 7.66. The van der Waals surface area contributed by atoms with E-state index in [1.54, 1.807) is 25.1 Å².